The second kappa shape index (κ2) is 5.49. The minimum Gasteiger partial charge on any atom is -0.152 e. The Balaban J connectivity index is 2.26. The summed E-state index contributed by atoms with van der Waals surface area (Å²) >= 11 is 1.94. The van der Waals surface area contributed by atoms with Crippen LogP contribution >= 0.6 is 11.8 Å². The SMILES string of the molecule is CSC1C(c2ccccc2)=C(C(C)C)c2ccccc21. The largest absolute Gasteiger partial charge is 0.152 e. The van der Waals surface area contributed by atoms with Gasteiger partial charge in [-0.2, -0.15) is 11.8 Å². The summed E-state index contributed by atoms with van der Waals surface area (Å²) in [4.78, 5) is 0. The lowest BCUT2D eigenvalue weighted by molar-refractivity contribution is 0.859. The molecule has 0 amide bonds. The fourth-order valence-electron chi connectivity index (χ4n) is 3.20. The Labute approximate surface area is 125 Å². The van der Waals surface area contributed by atoms with Crippen LogP contribution in [0.15, 0.2) is 54.6 Å². The van der Waals surface area contributed by atoms with Crippen molar-refractivity contribution in [2.24, 2.45) is 5.92 Å². The summed E-state index contributed by atoms with van der Waals surface area (Å²) in [6, 6.07) is 19.7. The molecule has 0 aliphatic heterocycles. The molecule has 3 rings (SSSR count). The summed E-state index contributed by atoms with van der Waals surface area (Å²) in [7, 11) is 0. The molecule has 0 heterocycles. The summed E-state index contributed by atoms with van der Waals surface area (Å²) in [5.41, 5.74) is 7.32. The number of hydrogen-bond acceptors (Lipinski definition) is 1. The summed E-state index contributed by atoms with van der Waals surface area (Å²) in [6.45, 7) is 4.61. The molecule has 1 aliphatic rings. The number of rotatable bonds is 3. The average Bonchev–Trinajstić information content (AvgIpc) is 2.82. The van der Waals surface area contributed by atoms with E-state index >= 15 is 0 Å². The van der Waals surface area contributed by atoms with Crippen LogP contribution in [0.25, 0.3) is 11.1 Å². The summed E-state index contributed by atoms with van der Waals surface area (Å²) in [5.74, 6) is 0.545. The monoisotopic (exact) mass is 280 g/mol. The normalized spacial score (nSPS) is 17.7. The van der Waals surface area contributed by atoms with E-state index in [2.05, 4.69) is 74.7 Å². The molecule has 102 valence electrons. The lowest BCUT2D eigenvalue weighted by Gasteiger charge is -2.16. The van der Waals surface area contributed by atoms with Crippen molar-refractivity contribution in [2.45, 2.75) is 19.1 Å². The van der Waals surface area contributed by atoms with Crippen molar-refractivity contribution >= 4 is 22.9 Å². The molecule has 1 aliphatic carbocycles. The predicted molar refractivity (Wildman–Crippen MR) is 90.8 cm³/mol. The number of benzene rings is 2. The third-order valence-electron chi connectivity index (χ3n) is 3.98. The Bertz CT molecular complexity index is 638. The third-order valence-corrected chi connectivity index (χ3v) is 4.94. The van der Waals surface area contributed by atoms with Crippen molar-refractivity contribution in [1.82, 2.24) is 0 Å². The Hall–Kier alpha value is -1.47. The second-order valence-electron chi connectivity index (χ2n) is 5.55. The number of thioether (sulfide) groups is 1. The molecule has 0 saturated heterocycles. The summed E-state index contributed by atoms with van der Waals surface area (Å²) in [5, 5.41) is 0.464. The molecule has 2 aromatic rings. The molecule has 0 fully saturated rings. The van der Waals surface area contributed by atoms with E-state index in [1.165, 1.54) is 27.8 Å². The van der Waals surface area contributed by atoms with Crippen molar-refractivity contribution in [3.8, 4) is 0 Å². The van der Waals surface area contributed by atoms with Crippen LogP contribution in [0.5, 0.6) is 0 Å². The van der Waals surface area contributed by atoms with E-state index in [0.717, 1.165) is 0 Å². The van der Waals surface area contributed by atoms with E-state index in [4.69, 9.17) is 0 Å². The van der Waals surface area contributed by atoms with Crippen LogP contribution in [0, 0.1) is 5.92 Å². The van der Waals surface area contributed by atoms with Crippen molar-refractivity contribution in [2.75, 3.05) is 6.26 Å². The molecule has 0 saturated carbocycles. The Morgan fingerprint density at radius 1 is 0.900 bits per heavy atom. The van der Waals surface area contributed by atoms with Gasteiger partial charge in [-0.05, 0) is 40.0 Å². The minimum absolute atomic E-state index is 0.464. The van der Waals surface area contributed by atoms with Crippen LogP contribution < -0.4 is 0 Å². The number of allylic oxidation sites excluding steroid dienone is 1. The molecule has 0 nitrogen and oxygen atoms in total. The van der Waals surface area contributed by atoms with E-state index < -0.39 is 0 Å². The highest BCUT2D eigenvalue weighted by Gasteiger charge is 2.32. The Morgan fingerprint density at radius 3 is 2.20 bits per heavy atom. The molecule has 0 radical (unpaired) electrons. The van der Waals surface area contributed by atoms with Crippen molar-refractivity contribution < 1.29 is 0 Å². The predicted octanol–water partition coefficient (Wildman–Crippen LogP) is 5.67. The number of hydrogen-bond donors (Lipinski definition) is 0. The maximum atomic E-state index is 2.30. The highest BCUT2D eigenvalue weighted by Crippen LogP contribution is 2.53. The van der Waals surface area contributed by atoms with Crippen LogP contribution in [0.1, 0.15) is 35.8 Å². The average molecular weight is 280 g/mol. The zero-order chi connectivity index (χ0) is 14.1. The van der Waals surface area contributed by atoms with Crippen LogP contribution in [-0.4, -0.2) is 6.26 Å². The van der Waals surface area contributed by atoms with E-state index in [1.807, 2.05) is 11.8 Å². The highest BCUT2D eigenvalue weighted by atomic mass is 32.2. The molecule has 1 unspecified atom stereocenters. The molecule has 0 N–H and O–H groups in total. The van der Waals surface area contributed by atoms with Gasteiger partial charge in [0, 0.05) is 0 Å². The molecule has 1 heteroatoms. The van der Waals surface area contributed by atoms with Crippen LogP contribution in [0.4, 0.5) is 0 Å². The van der Waals surface area contributed by atoms with Gasteiger partial charge in [0.05, 0.1) is 5.25 Å². The molecule has 2 aromatic carbocycles. The van der Waals surface area contributed by atoms with E-state index in [1.54, 1.807) is 0 Å². The minimum atomic E-state index is 0.464. The first-order valence-electron chi connectivity index (χ1n) is 7.15. The van der Waals surface area contributed by atoms with E-state index in [-0.39, 0.29) is 0 Å². The van der Waals surface area contributed by atoms with Crippen LogP contribution in [-0.2, 0) is 0 Å². The first kappa shape index (κ1) is 13.5. The van der Waals surface area contributed by atoms with E-state index in [9.17, 15) is 0 Å². The van der Waals surface area contributed by atoms with Gasteiger partial charge in [0.25, 0.3) is 0 Å². The maximum Gasteiger partial charge on any atom is 0.0558 e. The Kier molecular flexibility index (Phi) is 3.71. The molecule has 0 bridgehead atoms. The third kappa shape index (κ3) is 2.10. The zero-order valence-corrected chi connectivity index (χ0v) is 13.1. The topological polar surface area (TPSA) is 0 Å². The van der Waals surface area contributed by atoms with Gasteiger partial charge in [0.1, 0.15) is 0 Å². The van der Waals surface area contributed by atoms with Gasteiger partial charge in [-0.3, -0.25) is 0 Å². The fourth-order valence-corrected chi connectivity index (χ4v) is 4.16. The van der Waals surface area contributed by atoms with Crippen molar-refractivity contribution in [3.63, 3.8) is 0 Å². The molecule has 0 aromatic heterocycles. The van der Waals surface area contributed by atoms with E-state index in [0.29, 0.717) is 11.2 Å². The van der Waals surface area contributed by atoms with Crippen molar-refractivity contribution in [3.05, 3.63) is 71.3 Å². The van der Waals surface area contributed by atoms with Gasteiger partial charge < -0.3 is 0 Å². The molecule has 20 heavy (non-hydrogen) atoms. The molecular formula is C19H20S. The zero-order valence-electron chi connectivity index (χ0n) is 12.3. The quantitative estimate of drug-likeness (QED) is 0.698. The Morgan fingerprint density at radius 2 is 1.55 bits per heavy atom. The molecule has 0 spiro atoms. The van der Waals surface area contributed by atoms with Gasteiger partial charge in [-0.15, -0.1) is 0 Å². The standard InChI is InChI=1S/C19H20S/c1-13(2)17-15-11-7-8-12-16(15)19(20-3)18(17)14-9-5-4-6-10-14/h4-13,19H,1-3H3. The molecular weight excluding hydrogens is 260 g/mol. The van der Waals surface area contributed by atoms with Crippen LogP contribution in [0.2, 0.25) is 0 Å². The maximum absolute atomic E-state index is 2.30. The number of fused-ring (bicyclic) bond motifs is 1. The van der Waals surface area contributed by atoms with Gasteiger partial charge in [-0.25, -0.2) is 0 Å². The highest BCUT2D eigenvalue weighted by molar-refractivity contribution is 7.99. The van der Waals surface area contributed by atoms with Crippen LogP contribution in [0.3, 0.4) is 0 Å². The second-order valence-corrected chi connectivity index (χ2v) is 6.49. The smallest absolute Gasteiger partial charge is 0.0558 e. The first-order valence-corrected chi connectivity index (χ1v) is 8.44. The van der Waals surface area contributed by atoms with Gasteiger partial charge in [0.15, 0.2) is 0 Å². The lowest BCUT2D eigenvalue weighted by atomic mass is 9.92. The molecule has 1 atom stereocenters. The van der Waals surface area contributed by atoms with Crippen molar-refractivity contribution in [1.29, 1.82) is 0 Å². The first-order chi connectivity index (χ1) is 9.74. The summed E-state index contributed by atoms with van der Waals surface area (Å²) < 4.78 is 0. The van der Waals surface area contributed by atoms with Gasteiger partial charge in [-0.1, -0.05) is 68.4 Å². The summed E-state index contributed by atoms with van der Waals surface area (Å²) in [6.07, 6.45) is 2.22. The lowest BCUT2D eigenvalue weighted by Crippen LogP contribution is -1.95. The fraction of sp³-hybridized carbons (Fsp3) is 0.263. The van der Waals surface area contributed by atoms with Gasteiger partial charge >= 0.3 is 0 Å². The van der Waals surface area contributed by atoms with Gasteiger partial charge in [0.2, 0.25) is 0 Å².